The smallest absolute Gasteiger partial charge is 0.128 e. The zero-order valence-corrected chi connectivity index (χ0v) is 8.32. The summed E-state index contributed by atoms with van der Waals surface area (Å²) in [6, 6.07) is 4.16. The lowest BCUT2D eigenvalue weighted by molar-refractivity contribution is 0.419. The molecule has 0 fully saturated rings. The van der Waals surface area contributed by atoms with Gasteiger partial charge in [0.25, 0.3) is 0 Å². The molecule has 0 bridgehead atoms. The van der Waals surface area contributed by atoms with E-state index in [0.29, 0.717) is 0 Å². The van der Waals surface area contributed by atoms with Gasteiger partial charge in [0.15, 0.2) is 0 Å². The largest absolute Gasteiger partial charge is 0.496 e. The van der Waals surface area contributed by atoms with E-state index in [4.69, 9.17) is 4.74 Å². The molecule has 0 amide bonds. The van der Waals surface area contributed by atoms with Crippen molar-refractivity contribution in [2.24, 2.45) is 0 Å². The summed E-state index contributed by atoms with van der Waals surface area (Å²) in [5.74, 6) is 0.870. The zero-order chi connectivity index (χ0) is 9.97. The molecule has 2 aromatic rings. The number of methoxy groups -OCH3 is 1. The minimum Gasteiger partial charge on any atom is -0.496 e. The first-order chi connectivity index (χ1) is 6.85. The Morgan fingerprint density at radius 1 is 1.21 bits per heavy atom. The van der Waals surface area contributed by atoms with Crippen molar-refractivity contribution in [3.05, 3.63) is 30.1 Å². The Labute approximate surface area is 82.7 Å². The summed E-state index contributed by atoms with van der Waals surface area (Å²) in [7, 11) is 1.68. The predicted octanol–water partition coefficient (Wildman–Crippen LogP) is 2.20. The Hall–Kier alpha value is -1.64. The average Bonchev–Trinajstić information content (AvgIpc) is 2.27. The molecule has 2 rings (SSSR count). The van der Waals surface area contributed by atoms with Crippen molar-refractivity contribution in [2.75, 3.05) is 7.11 Å². The molecule has 1 aromatic carbocycles. The molecule has 1 aromatic heterocycles. The number of aryl methyl sites for hydroxylation is 1. The second-order valence-corrected chi connectivity index (χ2v) is 3.14. The van der Waals surface area contributed by atoms with Gasteiger partial charge in [-0.05, 0) is 24.1 Å². The summed E-state index contributed by atoms with van der Waals surface area (Å²) < 4.78 is 5.30. The number of nitrogens with zero attached hydrogens (tertiary/aromatic N) is 2. The molecule has 0 radical (unpaired) electrons. The van der Waals surface area contributed by atoms with Crippen LogP contribution in [0.5, 0.6) is 5.75 Å². The molecular formula is C11H12N2O. The standard InChI is InChI=1S/C11H12N2O/c1-3-8-4-9-6-12-13-7-10(9)11(5-8)14-2/h4-7H,3H2,1-2H3. The van der Waals surface area contributed by atoms with Crippen molar-refractivity contribution in [1.29, 1.82) is 0 Å². The van der Waals surface area contributed by atoms with Crippen molar-refractivity contribution < 1.29 is 4.74 Å². The number of hydrogen-bond donors (Lipinski definition) is 0. The van der Waals surface area contributed by atoms with Crippen LogP contribution in [-0.4, -0.2) is 17.3 Å². The topological polar surface area (TPSA) is 35.0 Å². The van der Waals surface area contributed by atoms with Crippen LogP contribution in [0.1, 0.15) is 12.5 Å². The normalized spacial score (nSPS) is 10.4. The van der Waals surface area contributed by atoms with Crippen molar-refractivity contribution >= 4 is 10.8 Å². The third-order valence-electron chi connectivity index (χ3n) is 2.31. The third-order valence-corrected chi connectivity index (χ3v) is 2.31. The SMILES string of the molecule is CCc1cc(OC)c2cnncc2c1. The van der Waals surface area contributed by atoms with Crippen LogP contribution in [0, 0.1) is 0 Å². The molecule has 0 aliphatic rings. The maximum atomic E-state index is 5.30. The number of benzene rings is 1. The van der Waals surface area contributed by atoms with Crippen LogP contribution >= 0.6 is 0 Å². The Morgan fingerprint density at radius 2 is 2.00 bits per heavy atom. The summed E-state index contributed by atoms with van der Waals surface area (Å²) in [6.45, 7) is 2.12. The fraction of sp³-hybridized carbons (Fsp3) is 0.273. The molecule has 0 spiro atoms. The zero-order valence-electron chi connectivity index (χ0n) is 8.32. The number of ether oxygens (including phenoxy) is 1. The lowest BCUT2D eigenvalue weighted by Gasteiger charge is -2.06. The summed E-state index contributed by atoms with van der Waals surface area (Å²) in [5, 5.41) is 9.80. The number of rotatable bonds is 2. The van der Waals surface area contributed by atoms with E-state index in [1.165, 1.54) is 5.56 Å². The van der Waals surface area contributed by atoms with Gasteiger partial charge in [0.2, 0.25) is 0 Å². The van der Waals surface area contributed by atoms with Crippen LogP contribution in [0.4, 0.5) is 0 Å². The Kier molecular flexibility index (Phi) is 2.31. The van der Waals surface area contributed by atoms with E-state index in [9.17, 15) is 0 Å². The van der Waals surface area contributed by atoms with Crippen LogP contribution in [0.2, 0.25) is 0 Å². The molecule has 3 nitrogen and oxygen atoms in total. The van der Waals surface area contributed by atoms with Crippen molar-refractivity contribution in [1.82, 2.24) is 10.2 Å². The average molecular weight is 188 g/mol. The molecule has 14 heavy (non-hydrogen) atoms. The number of hydrogen-bond acceptors (Lipinski definition) is 3. The summed E-state index contributed by atoms with van der Waals surface area (Å²) >= 11 is 0. The summed E-state index contributed by atoms with van der Waals surface area (Å²) in [6.07, 6.45) is 4.49. The van der Waals surface area contributed by atoms with Crippen LogP contribution < -0.4 is 4.74 Å². The molecule has 0 saturated carbocycles. The minimum absolute atomic E-state index is 0.870. The van der Waals surface area contributed by atoms with Gasteiger partial charge in [-0.3, -0.25) is 0 Å². The lowest BCUT2D eigenvalue weighted by atomic mass is 10.1. The van der Waals surface area contributed by atoms with Gasteiger partial charge < -0.3 is 4.74 Å². The van der Waals surface area contributed by atoms with Gasteiger partial charge in [0, 0.05) is 10.8 Å². The van der Waals surface area contributed by atoms with E-state index in [0.717, 1.165) is 22.9 Å². The first kappa shape index (κ1) is 8.94. The highest BCUT2D eigenvalue weighted by Gasteiger charge is 2.03. The maximum absolute atomic E-state index is 5.30. The fourth-order valence-electron chi connectivity index (χ4n) is 1.51. The fourth-order valence-corrected chi connectivity index (χ4v) is 1.51. The Balaban J connectivity index is 2.73. The summed E-state index contributed by atoms with van der Waals surface area (Å²) in [5.41, 5.74) is 1.25. The molecule has 0 saturated heterocycles. The predicted molar refractivity (Wildman–Crippen MR) is 55.5 cm³/mol. The van der Waals surface area contributed by atoms with Crippen molar-refractivity contribution in [2.45, 2.75) is 13.3 Å². The van der Waals surface area contributed by atoms with Gasteiger partial charge in [-0.15, -0.1) is 0 Å². The highest BCUT2D eigenvalue weighted by Crippen LogP contribution is 2.26. The molecule has 0 aliphatic heterocycles. The third kappa shape index (κ3) is 1.41. The van der Waals surface area contributed by atoms with Crippen LogP contribution in [-0.2, 0) is 6.42 Å². The number of aromatic nitrogens is 2. The first-order valence-corrected chi connectivity index (χ1v) is 4.62. The van der Waals surface area contributed by atoms with E-state index < -0.39 is 0 Å². The van der Waals surface area contributed by atoms with Gasteiger partial charge in [-0.25, -0.2) is 0 Å². The minimum atomic E-state index is 0.870. The molecular weight excluding hydrogens is 176 g/mol. The van der Waals surface area contributed by atoms with Gasteiger partial charge in [0.1, 0.15) is 5.75 Å². The van der Waals surface area contributed by atoms with E-state index >= 15 is 0 Å². The first-order valence-electron chi connectivity index (χ1n) is 4.62. The second kappa shape index (κ2) is 3.62. The number of fused-ring (bicyclic) bond motifs is 1. The Bertz CT molecular complexity index is 454. The highest BCUT2D eigenvalue weighted by molar-refractivity contribution is 5.87. The lowest BCUT2D eigenvalue weighted by Crippen LogP contribution is -1.90. The maximum Gasteiger partial charge on any atom is 0.128 e. The highest BCUT2D eigenvalue weighted by atomic mass is 16.5. The quantitative estimate of drug-likeness (QED) is 0.724. The monoisotopic (exact) mass is 188 g/mol. The molecule has 3 heteroatoms. The molecule has 0 aliphatic carbocycles. The Morgan fingerprint density at radius 3 is 2.71 bits per heavy atom. The van der Waals surface area contributed by atoms with E-state index in [-0.39, 0.29) is 0 Å². The summed E-state index contributed by atoms with van der Waals surface area (Å²) in [4.78, 5) is 0. The molecule has 0 N–H and O–H groups in total. The van der Waals surface area contributed by atoms with Crippen molar-refractivity contribution in [3.8, 4) is 5.75 Å². The molecule has 72 valence electrons. The second-order valence-electron chi connectivity index (χ2n) is 3.14. The van der Waals surface area contributed by atoms with Gasteiger partial charge in [-0.2, -0.15) is 10.2 Å². The molecule has 0 atom stereocenters. The van der Waals surface area contributed by atoms with Crippen LogP contribution in [0.3, 0.4) is 0 Å². The van der Waals surface area contributed by atoms with E-state index in [1.807, 2.05) is 6.07 Å². The van der Waals surface area contributed by atoms with Crippen LogP contribution in [0.15, 0.2) is 24.5 Å². The van der Waals surface area contributed by atoms with Gasteiger partial charge in [0.05, 0.1) is 19.5 Å². The van der Waals surface area contributed by atoms with Crippen LogP contribution in [0.25, 0.3) is 10.8 Å². The van der Waals surface area contributed by atoms with Gasteiger partial charge >= 0.3 is 0 Å². The molecule has 1 heterocycles. The molecule has 0 unspecified atom stereocenters. The van der Waals surface area contributed by atoms with Crippen molar-refractivity contribution in [3.63, 3.8) is 0 Å². The van der Waals surface area contributed by atoms with E-state index in [2.05, 4.69) is 23.2 Å². The van der Waals surface area contributed by atoms with Gasteiger partial charge in [-0.1, -0.05) is 6.92 Å². The van der Waals surface area contributed by atoms with E-state index in [1.54, 1.807) is 19.5 Å².